The Morgan fingerprint density at radius 1 is 1.00 bits per heavy atom. The van der Waals surface area contributed by atoms with Crippen molar-refractivity contribution in [2.45, 2.75) is 11.6 Å². The average molecular weight is 391 g/mol. The molecule has 2 N–H and O–H groups in total. The second-order valence-electron chi connectivity index (χ2n) is 5.76. The number of hydrogen-bond donors (Lipinski definition) is 1. The van der Waals surface area contributed by atoms with Gasteiger partial charge in [-0.15, -0.1) is 0 Å². The maximum absolute atomic E-state index is 5.83. The first kappa shape index (κ1) is 15.9. The van der Waals surface area contributed by atoms with Gasteiger partial charge < -0.3 is 0 Å². The topological polar surface area (TPSA) is 69.6 Å². The van der Waals surface area contributed by atoms with Gasteiger partial charge in [0.1, 0.15) is 0 Å². The molecule has 2 aromatic heterocycles. The molecule has 0 amide bonds. The Morgan fingerprint density at radius 3 is 2.76 bits per heavy atom. The number of benzene rings is 2. The van der Waals surface area contributed by atoms with E-state index in [1.54, 1.807) is 6.33 Å². The monoisotopic (exact) mass is 391 g/mol. The van der Waals surface area contributed by atoms with Gasteiger partial charge in [-0.2, -0.15) is 0 Å². The van der Waals surface area contributed by atoms with Crippen LogP contribution in [0.1, 0.15) is 5.56 Å². The van der Waals surface area contributed by atoms with Crippen LogP contribution in [0.4, 0.5) is 5.69 Å². The molecule has 25 heavy (non-hydrogen) atoms. The summed E-state index contributed by atoms with van der Waals surface area (Å²) in [6.07, 6.45) is 4.72. The number of nitrogens with zero attached hydrogens (tertiary/aromatic N) is 4. The standard InChI is InChI=1S/C19H18AsN5/c21-15-6-7-17-16(12-15)23-13-25(17)18-9-11-22-19(24-18)20-10-8-14-4-2-1-3-5-14/h1-7,9,11-13,20H,8,10,21H2. The fourth-order valence-corrected chi connectivity index (χ4v) is 4.84. The molecule has 0 aliphatic heterocycles. The molecule has 1 atom stereocenters. The van der Waals surface area contributed by atoms with E-state index in [-0.39, 0.29) is 15.8 Å². The first-order chi connectivity index (χ1) is 12.3. The first-order valence-electron chi connectivity index (χ1n) is 8.13. The number of nitrogen functional groups attached to an aromatic ring is 1. The summed E-state index contributed by atoms with van der Waals surface area (Å²) in [6.45, 7) is 0. The van der Waals surface area contributed by atoms with Crippen molar-refractivity contribution in [2.75, 3.05) is 5.73 Å². The summed E-state index contributed by atoms with van der Waals surface area (Å²) in [5, 5.41) is 1.15. The van der Waals surface area contributed by atoms with Crippen molar-refractivity contribution in [2.24, 2.45) is 0 Å². The van der Waals surface area contributed by atoms with E-state index in [2.05, 4.69) is 40.3 Å². The maximum atomic E-state index is 5.83. The van der Waals surface area contributed by atoms with Crippen LogP contribution in [0.3, 0.4) is 0 Å². The third-order valence-electron chi connectivity index (χ3n) is 4.00. The molecule has 0 spiro atoms. The zero-order valence-electron chi connectivity index (χ0n) is 13.6. The number of nitrogens with two attached hydrogens (primary N) is 1. The molecule has 0 aliphatic carbocycles. The molecule has 4 aromatic rings. The fraction of sp³-hybridized carbons (Fsp3) is 0.105. The van der Waals surface area contributed by atoms with Crippen LogP contribution in [-0.2, 0) is 6.42 Å². The second-order valence-corrected chi connectivity index (χ2v) is 8.49. The number of aromatic nitrogens is 4. The molecule has 2 heterocycles. The molecule has 124 valence electrons. The molecule has 0 radical (unpaired) electrons. The Balaban J connectivity index is 1.52. The van der Waals surface area contributed by atoms with E-state index >= 15 is 0 Å². The normalized spacial score (nSPS) is 11.5. The van der Waals surface area contributed by atoms with Crippen molar-refractivity contribution in [3.8, 4) is 5.82 Å². The van der Waals surface area contributed by atoms with Crippen LogP contribution in [0.15, 0.2) is 67.1 Å². The fourth-order valence-electron chi connectivity index (χ4n) is 2.74. The van der Waals surface area contributed by atoms with E-state index in [4.69, 9.17) is 10.7 Å². The van der Waals surface area contributed by atoms with Crippen molar-refractivity contribution in [1.29, 1.82) is 0 Å². The Hall–Kier alpha value is -2.65. The second kappa shape index (κ2) is 7.07. The van der Waals surface area contributed by atoms with Crippen molar-refractivity contribution in [3.63, 3.8) is 0 Å². The van der Waals surface area contributed by atoms with Crippen molar-refractivity contribution >= 4 is 37.1 Å². The molecule has 0 fully saturated rings. The molecule has 5 nitrogen and oxygen atoms in total. The summed E-state index contributed by atoms with van der Waals surface area (Å²) >= 11 is -0.364. The first-order valence-corrected chi connectivity index (χ1v) is 10.7. The van der Waals surface area contributed by atoms with Gasteiger partial charge in [0.15, 0.2) is 0 Å². The van der Waals surface area contributed by atoms with Gasteiger partial charge >= 0.3 is 152 Å². The number of fused-ring (bicyclic) bond motifs is 1. The van der Waals surface area contributed by atoms with Crippen LogP contribution in [0.2, 0.25) is 5.21 Å². The van der Waals surface area contributed by atoms with Gasteiger partial charge in [-0.25, -0.2) is 0 Å². The predicted octanol–water partition coefficient (Wildman–Crippen LogP) is 2.12. The van der Waals surface area contributed by atoms with Crippen LogP contribution in [0.25, 0.3) is 16.9 Å². The molecule has 1 unspecified atom stereocenters. The third kappa shape index (κ3) is 3.56. The van der Waals surface area contributed by atoms with E-state index in [0.29, 0.717) is 5.69 Å². The molecular formula is C19H18AsN5. The zero-order valence-corrected chi connectivity index (χ0v) is 15.7. The van der Waals surface area contributed by atoms with Gasteiger partial charge in [-0.3, -0.25) is 0 Å². The van der Waals surface area contributed by atoms with Gasteiger partial charge in [0, 0.05) is 0 Å². The number of imidazole rings is 1. The SMILES string of the molecule is Nc1ccc2c(c1)ncn2-c1ccnc([AsH]CCc2ccccc2)n1. The minimum atomic E-state index is -0.364. The van der Waals surface area contributed by atoms with Crippen molar-refractivity contribution in [1.82, 2.24) is 19.5 Å². The summed E-state index contributed by atoms with van der Waals surface area (Å²) < 4.78 is 2.97. The van der Waals surface area contributed by atoms with Crippen LogP contribution in [0, 0.1) is 0 Å². The predicted molar refractivity (Wildman–Crippen MR) is 103 cm³/mol. The molecule has 0 aliphatic rings. The quantitative estimate of drug-likeness (QED) is 0.418. The zero-order chi connectivity index (χ0) is 17.1. The van der Waals surface area contributed by atoms with Gasteiger partial charge in [0.25, 0.3) is 0 Å². The van der Waals surface area contributed by atoms with E-state index in [1.807, 2.05) is 35.0 Å². The van der Waals surface area contributed by atoms with Gasteiger partial charge in [-0.1, -0.05) is 0 Å². The summed E-state index contributed by atoms with van der Waals surface area (Å²) in [6, 6.07) is 18.2. The minimum absolute atomic E-state index is 0.364. The number of hydrogen-bond acceptors (Lipinski definition) is 4. The Bertz CT molecular complexity index is 997. The molecule has 4 rings (SSSR count). The van der Waals surface area contributed by atoms with Gasteiger partial charge in [-0.05, 0) is 0 Å². The third-order valence-corrected chi connectivity index (χ3v) is 6.22. The van der Waals surface area contributed by atoms with Crippen LogP contribution >= 0.6 is 0 Å². The summed E-state index contributed by atoms with van der Waals surface area (Å²) in [7, 11) is 0. The van der Waals surface area contributed by atoms with E-state index in [0.717, 1.165) is 33.1 Å². The molecule has 0 saturated heterocycles. The summed E-state index contributed by atoms with van der Waals surface area (Å²) in [5.74, 6) is 0.862. The molecular weight excluding hydrogens is 373 g/mol. The molecule has 6 heteroatoms. The van der Waals surface area contributed by atoms with E-state index in [1.165, 1.54) is 5.56 Å². The van der Waals surface area contributed by atoms with Crippen LogP contribution in [0.5, 0.6) is 0 Å². The van der Waals surface area contributed by atoms with Crippen LogP contribution < -0.4 is 10.3 Å². The Morgan fingerprint density at radius 2 is 1.88 bits per heavy atom. The van der Waals surface area contributed by atoms with Crippen LogP contribution in [-0.4, -0.2) is 35.3 Å². The number of anilines is 1. The van der Waals surface area contributed by atoms with E-state index in [9.17, 15) is 0 Å². The van der Waals surface area contributed by atoms with Crippen molar-refractivity contribution in [3.05, 3.63) is 72.7 Å². The summed E-state index contributed by atoms with van der Waals surface area (Å²) in [4.78, 5) is 13.6. The van der Waals surface area contributed by atoms with Gasteiger partial charge in [0.05, 0.1) is 0 Å². The average Bonchev–Trinajstić information content (AvgIpc) is 3.06. The summed E-state index contributed by atoms with van der Waals surface area (Å²) in [5.41, 5.74) is 9.80. The molecule has 2 aromatic carbocycles. The number of rotatable bonds is 5. The van der Waals surface area contributed by atoms with Crippen molar-refractivity contribution < 1.29 is 0 Å². The Kier molecular flexibility index (Phi) is 4.49. The molecule has 0 bridgehead atoms. The van der Waals surface area contributed by atoms with E-state index < -0.39 is 0 Å². The number of aryl methyl sites for hydroxylation is 1. The Labute approximate surface area is 152 Å². The molecule has 0 saturated carbocycles. The van der Waals surface area contributed by atoms with Gasteiger partial charge in [0.2, 0.25) is 0 Å².